The molecule has 3 heteroatoms. The van der Waals surface area contributed by atoms with Crippen molar-refractivity contribution in [2.45, 2.75) is 39.3 Å². The summed E-state index contributed by atoms with van der Waals surface area (Å²) in [6.07, 6.45) is 0. The average Bonchev–Trinajstić information content (AvgIpc) is 2.15. The molecule has 0 aromatic rings. The van der Waals surface area contributed by atoms with Gasteiger partial charge in [0.1, 0.15) is 0 Å². The first-order chi connectivity index (χ1) is 6.45. The molecular formula is C11H21N3. The van der Waals surface area contributed by atoms with Crippen LogP contribution in [0.3, 0.4) is 0 Å². The third-order valence-corrected chi connectivity index (χ3v) is 3.00. The van der Waals surface area contributed by atoms with E-state index in [1.54, 1.807) is 0 Å². The molecule has 0 amide bonds. The van der Waals surface area contributed by atoms with Crippen molar-refractivity contribution in [3.63, 3.8) is 0 Å². The lowest BCUT2D eigenvalue weighted by molar-refractivity contribution is 0.0550. The van der Waals surface area contributed by atoms with Gasteiger partial charge in [-0.1, -0.05) is 0 Å². The first kappa shape index (κ1) is 11.5. The lowest BCUT2D eigenvalue weighted by Gasteiger charge is -2.42. The summed E-state index contributed by atoms with van der Waals surface area (Å²) in [5.74, 6) is 0. The quantitative estimate of drug-likeness (QED) is 0.632. The van der Waals surface area contributed by atoms with Gasteiger partial charge in [0.25, 0.3) is 0 Å². The van der Waals surface area contributed by atoms with Gasteiger partial charge in [0.15, 0.2) is 0 Å². The molecular weight excluding hydrogens is 174 g/mol. The van der Waals surface area contributed by atoms with E-state index in [2.05, 4.69) is 36.6 Å². The molecule has 0 saturated carbocycles. The minimum atomic E-state index is 0.0668. The molecule has 80 valence electrons. The Bertz CT molecular complexity index is 216. The maximum atomic E-state index is 8.81. The summed E-state index contributed by atoms with van der Waals surface area (Å²) >= 11 is 0. The molecule has 1 saturated heterocycles. The molecule has 1 fully saturated rings. The van der Waals surface area contributed by atoms with E-state index in [1.165, 1.54) is 0 Å². The Morgan fingerprint density at radius 1 is 1.14 bits per heavy atom. The topological polar surface area (TPSA) is 30.3 Å². The van der Waals surface area contributed by atoms with E-state index in [9.17, 15) is 0 Å². The highest BCUT2D eigenvalue weighted by Gasteiger charge is 2.27. The van der Waals surface area contributed by atoms with Crippen molar-refractivity contribution in [1.29, 1.82) is 5.26 Å². The Morgan fingerprint density at radius 2 is 1.64 bits per heavy atom. The molecule has 1 rings (SSSR count). The number of piperazine rings is 1. The van der Waals surface area contributed by atoms with Gasteiger partial charge < -0.3 is 0 Å². The second-order valence-electron chi connectivity index (χ2n) is 5.00. The predicted octanol–water partition coefficient (Wildman–Crippen LogP) is 1.31. The maximum absolute atomic E-state index is 8.81. The van der Waals surface area contributed by atoms with Crippen LogP contribution in [0.2, 0.25) is 0 Å². The Balaban J connectivity index is 2.43. The molecule has 1 atom stereocenters. The van der Waals surface area contributed by atoms with Crippen LogP contribution in [-0.4, -0.2) is 47.6 Å². The average molecular weight is 195 g/mol. The van der Waals surface area contributed by atoms with Gasteiger partial charge in [-0.2, -0.15) is 5.26 Å². The maximum Gasteiger partial charge on any atom is 0.0950 e. The van der Waals surface area contributed by atoms with E-state index in [4.69, 9.17) is 5.26 Å². The molecule has 0 aromatic heterocycles. The molecule has 1 aliphatic rings. The van der Waals surface area contributed by atoms with Crippen molar-refractivity contribution < 1.29 is 0 Å². The van der Waals surface area contributed by atoms with Crippen molar-refractivity contribution in [3.8, 4) is 6.07 Å². The molecule has 3 nitrogen and oxygen atoms in total. The summed E-state index contributed by atoms with van der Waals surface area (Å²) in [6, 6.07) is 2.36. The van der Waals surface area contributed by atoms with Crippen LogP contribution in [-0.2, 0) is 0 Å². The standard InChI is InChI=1S/C11H21N3/c1-10(9-12)13-5-7-14(8-6-13)11(2,3)4/h10H,5-8H2,1-4H3. The Kier molecular flexibility index (Phi) is 3.52. The number of nitrogens with zero attached hydrogens (tertiary/aromatic N) is 3. The molecule has 0 aromatic carbocycles. The number of hydrogen-bond donors (Lipinski definition) is 0. The van der Waals surface area contributed by atoms with E-state index < -0.39 is 0 Å². The molecule has 0 bridgehead atoms. The Hall–Kier alpha value is -0.590. The summed E-state index contributed by atoms with van der Waals surface area (Å²) in [5, 5.41) is 8.81. The largest absolute Gasteiger partial charge is 0.296 e. The van der Waals surface area contributed by atoms with Gasteiger partial charge in [0.05, 0.1) is 12.1 Å². The van der Waals surface area contributed by atoms with Crippen molar-refractivity contribution >= 4 is 0 Å². The van der Waals surface area contributed by atoms with Gasteiger partial charge >= 0.3 is 0 Å². The molecule has 0 aliphatic carbocycles. The van der Waals surface area contributed by atoms with Crippen LogP contribution in [0.15, 0.2) is 0 Å². The van der Waals surface area contributed by atoms with Crippen molar-refractivity contribution in [3.05, 3.63) is 0 Å². The van der Waals surface area contributed by atoms with Crippen LogP contribution < -0.4 is 0 Å². The molecule has 0 N–H and O–H groups in total. The van der Waals surface area contributed by atoms with E-state index in [-0.39, 0.29) is 11.6 Å². The smallest absolute Gasteiger partial charge is 0.0950 e. The minimum Gasteiger partial charge on any atom is -0.296 e. The van der Waals surface area contributed by atoms with Gasteiger partial charge in [0.2, 0.25) is 0 Å². The van der Waals surface area contributed by atoms with Crippen molar-refractivity contribution in [2.24, 2.45) is 0 Å². The highest BCUT2D eigenvalue weighted by molar-refractivity contribution is 4.91. The normalized spacial score (nSPS) is 23.1. The van der Waals surface area contributed by atoms with E-state index in [1.807, 2.05) is 6.92 Å². The molecule has 0 spiro atoms. The van der Waals surface area contributed by atoms with E-state index in [0.29, 0.717) is 0 Å². The summed E-state index contributed by atoms with van der Waals surface area (Å²) in [6.45, 7) is 12.9. The number of hydrogen-bond acceptors (Lipinski definition) is 3. The van der Waals surface area contributed by atoms with Gasteiger partial charge in [-0.3, -0.25) is 9.80 Å². The Morgan fingerprint density at radius 3 is 2.00 bits per heavy atom. The second-order valence-corrected chi connectivity index (χ2v) is 5.00. The SMILES string of the molecule is CC(C#N)N1CCN(C(C)(C)C)CC1. The highest BCUT2D eigenvalue weighted by atomic mass is 15.3. The van der Waals surface area contributed by atoms with Crippen molar-refractivity contribution in [1.82, 2.24) is 9.80 Å². The number of nitriles is 1. The lowest BCUT2D eigenvalue weighted by Crippen LogP contribution is -2.54. The fourth-order valence-corrected chi connectivity index (χ4v) is 1.86. The second kappa shape index (κ2) is 4.29. The van der Waals surface area contributed by atoms with E-state index >= 15 is 0 Å². The van der Waals surface area contributed by atoms with Crippen LogP contribution in [0, 0.1) is 11.3 Å². The fourth-order valence-electron chi connectivity index (χ4n) is 1.86. The minimum absolute atomic E-state index is 0.0668. The van der Waals surface area contributed by atoms with Crippen molar-refractivity contribution in [2.75, 3.05) is 26.2 Å². The fraction of sp³-hybridized carbons (Fsp3) is 0.909. The molecule has 0 radical (unpaired) electrons. The third-order valence-electron chi connectivity index (χ3n) is 3.00. The van der Waals surface area contributed by atoms with Gasteiger partial charge in [-0.05, 0) is 27.7 Å². The zero-order chi connectivity index (χ0) is 10.8. The van der Waals surface area contributed by atoms with Crippen LogP contribution in [0.4, 0.5) is 0 Å². The summed E-state index contributed by atoms with van der Waals surface area (Å²) in [5.41, 5.74) is 0.266. The van der Waals surface area contributed by atoms with Crippen LogP contribution in [0.1, 0.15) is 27.7 Å². The van der Waals surface area contributed by atoms with Crippen LogP contribution >= 0.6 is 0 Å². The predicted molar refractivity (Wildman–Crippen MR) is 58.0 cm³/mol. The van der Waals surface area contributed by atoms with E-state index in [0.717, 1.165) is 26.2 Å². The molecule has 1 unspecified atom stereocenters. The van der Waals surface area contributed by atoms with Gasteiger partial charge in [-0.25, -0.2) is 0 Å². The Labute approximate surface area is 87.3 Å². The zero-order valence-corrected chi connectivity index (χ0v) is 9.75. The molecule has 1 aliphatic heterocycles. The van der Waals surface area contributed by atoms with Gasteiger partial charge in [-0.15, -0.1) is 0 Å². The summed E-state index contributed by atoms with van der Waals surface area (Å²) < 4.78 is 0. The molecule has 14 heavy (non-hydrogen) atoms. The molecule has 1 heterocycles. The first-order valence-corrected chi connectivity index (χ1v) is 5.34. The summed E-state index contributed by atoms with van der Waals surface area (Å²) in [4.78, 5) is 4.73. The van der Waals surface area contributed by atoms with Crippen LogP contribution in [0.25, 0.3) is 0 Å². The first-order valence-electron chi connectivity index (χ1n) is 5.34. The van der Waals surface area contributed by atoms with Gasteiger partial charge in [0, 0.05) is 31.7 Å². The van der Waals surface area contributed by atoms with Crippen LogP contribution in [0.5, 0.6) is 0 Å². The lowest BCUT2D eigenvalue weighted by atomic mass is 10.0. The third kappa shape index (κ3) is 2.70. The zero-order valence-electron chi connectivity index (χ0n) is 9.75. The summed E-state index contributed by atoms with van der Waals surface area (Å²) in [7, 11) is 0. The number of rotatable bonds is 1. The monoisotopic (exact) mass is 195 g/mol. The highest BCUT2D eigenvalue weighted by Crippen LogP contribution is 2.16.